The lowest BCUT2D eigenvalue weighted by Crippen LogP contribution is -2.11. The van der Waals surface area contributed by atoms with E-state index in [0.29, 0.717) is 6.42 Å². The van der Waals surface area contributed by atoms with E-state index in [1.807, 2.05) is 12.2 Å². The molecule has 0 aromatic rings. The van der Waals surface area contributed by atoms with E-state index in [9.17, 15) is 4.79 Å². The van der Waals surface area contributed by atoms with Crippen molar-refractivity contribution >= 4 is 5.97 Å². The van der Waals surface area contributed by atoms with Crippen LogP contribution in [-0.2, 0) is 4.79 Å². The second kappa shape index (κ2) is 7.80. The van der Waals surface area contributed by atoms with E-state index in [1.54, 1.807) is 0 Å². The zero-order valence-corrected chi connectivity index (χ0v) is 8.07. The second-order valence-corrected chi connectivity index (χ2v) is 3.10. The first kappa shape index (κ1) is 12.2. The molecular formula is C10H18O3. The average Bonchev–Trinajstić information content (AvgIpc) is 2.02. The Morgan fingerprint density at radius 2 is 2.15 bits per heavy atom. The topological polar surface area (TPSA) is 57.5 Å². The predicted octanol–water partition coefficient (Wildman–Crippen LogP) is 1.96. The highest BCUT2D eigenvalue weighted by atomic mass is 16.4. The normalized spacial score (nSPS) is 13.4. The van der Waals surface area contributed by atoms with Gasteiger partial charge >= 0.3 is 5.97 Å². The number of hydrogen-bond acceptors (Lipinski definition) is 2. The third kappa shape index (κ3) is 9.08. The molecule has 2 N–H and O–H groups in total. The van der Waals surface area contributed by atoms with Gasteiger partial charge in [-0.25, -0.2) is 0 Å². The monoisotopic (exact) mass is 186 g/mol. The van der Waals surface area contributed by atoms with Gasteiger partial charge in [0.15, 0.2) is 0 Å². The summed E-state index contributed by atoms with van der Waals surface area (Å²) in [6, 6.07) is 0. The number of allylic oxidation sites excluding steroid dienone is 1. The molecule has 0 fully saturated rings. The molecule has 1 atom stereocenters. The summed E-state index contributed by atoms with van der Waals surface area (Å²) in [5.41, 5.74) is 0. The van der Waals surface area contributed by atoms with Crippen LogP contribution in [0.3, 0.4) is 0 Å². The lowest BCUT2D eigenvalue weighted by molar-refractivity contribution is -0.139. The van der Waals surface area contributed by atoms with Gasteiger partial charge in [0.1, 0.15) is 0 Å². The number of aliphatic hydroxyl groups excluding tert-OH is 1. The van der Waals surface area contributed by atoms with Crippen LogP contribution in [0, 0.1) is 0 Å². The molecule has 0 aliphatic rings. The number of carboxylic acid groups (broad SMARTS) is 1. The van der Waals surface area contributed by atoms with Crippen molar-refractivity contribution in [2.24, 2.45) is 0 Å². The van der Waals surface area contributed by atoms with Gasteiger partial charge in [-0.15, -0.1) is 0 Å². The SMILES string of the molecule is CCCC/C=C\CC(O)CC(=O)O. The number of aliphatic hydroxyl groups is 1. The van der Waals surface area contributed by atoms with E-state index < -0.39 is 12.1 Å². The van der Waals surface area contributed by atoms with Crippen LogP contribution in [0.15, 0.2) is 12.2 Å². The maximum atomic E-state index is 10.2. The van der Waals surface area contributed by atoms with E-state index in [0.717, 1.165) is 19.3 Å². The number of aliphatic carboxylic acids is 1. The van der Waals surface area contributed by atoms with E-state index in [2.05, 4.69) is 6.92 Å². The molecule has 0 spiro atoms. The zero-order chi connectivity index (χ0) is 10.1. The Bertz CT molecular complexity index is 164. The summed E-state index contributed by atoms with van der Waals surface area (Å²) in [6.07, 6.45) is 6.69. The van der Waals surface area contributed by atoms with Gasteiger partial charge in [0.05, 0.1) is 12.5 Å². The van der Waals surface area contributed by atoms with Gasteiger partial charge in [-0.1, -0.05) is 31.9 Å². The molecule has 76 valence electrons. The zero-order valence-electron chi connectivity index (χ0n) is 8.07. The van der Waals surface area contributed by atoms with Gasteiger partial charge in [-0.2, -0.15) is 0 Å². The molecule has 0 amide bonds. The smallest absolute Gasteiger partial charge is 0.305 e. The Morgan fingerprint density at radius 3 is 2.69 bits per heavy atom. The molecule has 0 radical (unpaired) electrons. The minimum absolute atomic E-state index is 0.169. The van der Waals surface area contributed by atoms with Gasteiger partial charge in [0, 0.05) is 0 Å². The summed E-state index contributed by atoms with van der Waals surface area (Å²) in [6.45, 7) is 2.12. The van der Waals surface area contributed by atoms with Crippen LogP contribution in [-0.4, -0.2) is 22.3 Å². The fourth-order valence-corrected chi connectivity index (χ4v) is 0.978. The van der Waals surface area contributed by atoms with Crippen molar-refractivity contribution in [2.45, 2.75) is 45.1 Å². The largest absolute Gasteiger partial charge is 0.481 e. The van der Waals surface area contributed by atoms with Crippen molar-refractivity contribution in [2.75, 3.05) is 0 Å². The molecule has 0 aliphatic carbocycles. The molecule has 0 aliphatic heterocycles. The van der Waals surface area contributed by atoms with E-state index in [1.165, 1.54) is 0 Å². The van der Waals surface area contributed by atoms with Crippen LogP contribution < -0.4 is 0 Å². The third-order valence-electron chi connectivity index (χ3n) is 1.71. The van der Waals surface area contributed by atoms with E-state index in [4.69, 9.17) is 10.2 Å². The highest BCUT2D eigenvalue weighted by molar-refractivity contribution is 5.67. The molecule has 0 saturated carbocycles. The van der Waals surface area contributed by atoms with Crippen LogP contribution in [0.1, 0.15) is 39.0 Å². The van der Waals surface area contributed by atoms with Crippen molar-refractivity contribution in [3.05, 3.63) is 12.2 Å². The van der Waals surface area contributed by atoms with Crippen molar-refractivity contribution < 1.29 is 15.0 Å². The van der Waals surface area contributed by atoms with Crippen molar-refractivity contribution in [3.8, 4) is 0 Å². The Labute approximate surface area is 79.1 Å². The number of rotatable bonds is 7. The van der Waals surface area contributed by atoms with Crippen LogP contribution >= 0.6 is 0 Å². The molecule has 1 unspecified atom stereocenters. The molecule has 3 heteroatoms. The summed E-state index contributed by atoms with van der Waals surface area (Å²) in [5.74, 6) is -0.950. The predicted molar refractivity (Wildman–Crippen MR) is 51.5 cm³/mol. The van der Waals surface area contributed by atoms with Crippen LogP contribution in [0.25, 0.3) is 0 Å². The minimum atomic E-state index is -0.950. The van der Waals surface area contributed by atoms with Gasteiger partial charge in [-0.3, -0.25) is 4.79 Å². The van der Waals surface area contributed by atoms with Crippen LogP contribution in [0.4, 0.5) is 0 Å². The maximum Gasteiger partial charge on any atom is 0.305 e. The summed E-state index contributed by atoms with van der Waals surface area (Å²) in [4.78, 5) is 10.2. The van der Waals surface area contributed by atoms with Crippen molar-refractivity contribution in [1.82, 2.24) is 0 Å². The third-order valence-corrected chi connectivity index (χ3v) is 1.71. The quantitative estimate of drug-likeness (QED) is 0.472. The summed E-state index contributed by atoms with van der Waals surface area (Å²) in [7, 11) is 0. The first-order chi connectivity index (χ1) is 6.16. The molecule has 0 saturated heterocycles. The molecule has 0 bridgehead atoms. The number of hydrogen-bond donors (Lipinski definition) is 2. The first-order valence-corrected chi connectivity index (χ1v) is 4.71. The molecule has 13 heavy (non-hydrogen) atoms. The van der Waals surface area contributed by atoms with Gasteiger partial charge in [0.25, 0.3) is 0 Å². The molecule has 0 rings (SSSR count). The summed E-state index contributed by atoms with van der Waals surface area (Å²) >= 11 is 0. The van der Waals surface area contributed by atoms with Crippen LogP contribution in [0.5, 0.6) is 0 Å². The molecule has 3 nitrogen and oxygen atoms in total. The second-order valence-electron chi connectivity index (χ2n) is 3.10. The number of carbonyl (C=O) groups is 1. The molecule has 0 aromatic heterocycles. The first-order valence-electron chi connectivity index (χ1n) is 4.71. The maximum absolute atomic E-state index is 10.2. The Morgan fingerprint density at radius 1 is 1.46 bits per heavy atom. The minimum Gasteiger partial charge on any atom is -0.481 e. The number of unbranched alkanes of at least 4 members (excludes halogenated alkanes) is 2. The van der Waals surface area contributed by atoms with Crippen LogP contribution in [0.2, 0.25) is 0 Å². The molecular weight excluding hydrogens is 168 g/mol. The fourth-order valence-electron chi connectivity index (χ4n) is 0.978. The van der Waals surface area contributed by atoms with Gasteiger partial charge < -0.3 is 10.2 Å². The fraction of sp³-hybridized carbons (Fsp3) is 0.700. The summed E-state index contributed by atoms with van der Waals surface area (Å²) in [5, 5.41) is 17.5. The molecule has 0 heterocycles. The summed E-state index contributed by atoms with van der Waals surface area (Å²) < 4.78 is 0. The van der Waals surface area contributed by atoms with E-state index >= 15 is 0 Å². The number of carboxylic acids is 1. The van der Waals surface area contributed by atoms with Crippen molar-refractivity contribution in [3.63, 3.8) is 0 Å². The highest BCUT2D eigenvalue weighted by Crippen LogP contribution is 2.01. The standard InChI is InChI=1S/C10H18O3/c1-2-3-4-5-6-7-9(11)8-10(12)13/h5-6,9,11H,2-4,7-8H2,1H3,(H,12,13)/b6-5-. The van der Waals surface area contributed by atoms with Crippen molar-refractivity contribution in [1.29, 1.82) is 0 Å². The van der Waals surface area contributed by atoms with Gasteiger partial charge in [-0.05, 0) is 12.8 Å². The highest BCUT2D eigenvalue weighted by Gasteiger charge is 2.06. The Hall–Kier alpha value is -0.830. The Kier molecular flexibility index (Phi) is 7.30. The Balaban J connectivity index is 3.39. The van der Waals surface area contributed by atoms with E-state index in [-0.39, 0.29) is 6.42 Å². The molecule has 0 aromatic carbocycles. The lowest BCUT2D eigenvalue weighted by atomic mass is 10.1. The lowest BCUT2D eigenvalue weighted by Gasteiger charge is -2.02. The average molecular weight is 186 g/mol. The van der Waals surface area contributed by atoms with Gasteiger partial charge in [0.2, 0.25) is 0 Å².